The van der Waals surface area contributed by atoms with Gasteiger partial charge < -0.3 is 25.0 Å². The highest BCUT2D eigenvalue weighted by Crippen LogP contribution is 2.24. The lowest BCUT2D eigenvalue weighted by Gasteiger charge is -2.15. The number of carbonyl (C=O) groups excluding carboxylic acids is 1. The molecule has 0 spiro atoms. The summed E-state index contributed by atoms with van der Waals surface area (Å²) in [5.41, 5.74) is 2.72. The first kappa shape index (κ1) is 16.4. The van der Waals surface area contributed by atoms with Crippen molar-refractivity contribution in [2.45, 2.75) is 25.9 Å². The maximum absolute atomic E-state index is 14.3. The molecule has 0 aliphatic carbocycles. The molecule has 0 radical (unpaired) electrons. The minimum absolute atomic E-state index is 0.0534. The van der Waals surface area contributed by atoms with Crippen molar-refractivity contribution in [2.75, 3.05) is 18.4 Å². The number of rotatable bonds is 5. The number of nitrogens with zero attached hydrogens (tertiary/aromatic N) is 2. The van der Waals surface area contributed by atoms with Gasteiger partial charge in [0, 0.05) is 35.8 Å². The highest BCUT2D eigenvalue weighted by atomic mass is 19.1. The standard InChI is InChI=1S/C18H20FN5O2/c19-15-8-12-7-14(11-21-18(25)24-4-1-2-5-24)22-16(12)9-17(15)20-10-13-3-6-26-23-13/h3,6-9,20,22H,1-2,4-5,10-11H2,(H,21,25). The number of benzene rings is 1. The van der Waals surface area contributed by atoms with Crippen LogP contribution in [0.3, 0.4) is 0 Å². The zero-order chi connectivity index (χ0) is 17.9. The molecule has 0 atom stereocenters. The summed E-state index contributed by atoms with van der Waals surface area (Å²) in [6.07, 6.45) is 3.59. The van der Waals surface area contributed by atoms with Gasteiger partial charge in [0.1, 0.15) is 17.8 Å². The Morgan fingerprint density at radius 2 is 2.12 bits per heavy atom. The SMILES string of the molecule is O=C(NCc1cc2cc(F)c(NCc3ccon3)cc2[nH]1)N1CCCC1. The smallest absolute Gasteiger partial charge is 0.317 e. The average Bonchev–Trinajstić information content (AvgIpc) is 3.38. The largest absolute Gasteiger partial charge is 0.377 e. The Labute approximate surface area is 149 Å². The fourth-order valence-electron chi connectivity index (χ4n) is 3.16. The lowest BCUT2D eigenvalue weighted by Crippen LogP contribution is -2.37. The molecule has 1 saturated heterocycles. The summed E-state index contributed by atoms with van der Waals surface area (Å²) in [6.45, 7) is 2.38. The van der Waals surface area contributed by atoms with Crippen molar-refractivity contribution in [3.8, 4) is 0 Å². The number of aromatic amines is 1. The van der Waals surface area contributed by atoms with E-state index in [1.54, 1.807) is 12.1 Å². The van der Waals surface area contributed by atoms with E-state index in [4.69, 9.17) is 4.52 Å². The molecule has 4 rings (SSSR count). The van der Waals surface area contributed by atoms with E-state index in [0.29, 0.717) is 24.5 Å². The van der Waals surface area contributed by atoms with Crippen LogP contribution < -0.4 is 10.6 Å². The maximum atomic E-state index is 14.3. The second-order valence-corrected chi connectivity index (χ2v) is 6.41. The topological polar surface area (TPSA) is 86.2 Å². The van der Waals surface area contributed by atoms with Crippen molar-refractivity contribution >= 4 is 22.6 Å². The molecule has 1 aliphatic heterocycles. The van der Waals surface area contributed by atoms with Gasteiger partial charge in [-0.3, -0.25) is 0 Å². The van der Waals surface area contributed by atoms with Gasteiger partial charge >= 0.3 is 6.03 Å². The molecule has 2 aromatic heterocycles. The third kappa shape index (κ3) is 3.49. The molecule has 1 fully saturated rings. The molecule has 0 bridgehead atoms. The Hall–Kier alpha value is -3.03. The van der Waals surface area contributed by atoms with Gasteiger partial charge in [0.25, 0.3) is 0 Å². The predicted octanol–water partition coefficient (Wildman–Crippen LogP) is 3.21. The number of urea groups is 1. The van der Waals surface area contributed by atoms with Crippen molar-refractivity contribution < 1.29 is 13.7 Å². The second-order valence-electron chi connectivity index (χ2n) is 6.41. The van der Waals surface area contributed by atoms with Gasteiger partial charge in [-0.15, -0.1) is 0 Å². The number of hydrogen-bond acceptors (Lipinski definition) is 4. The van der Waals surface area contributed by atoms with Crippen LogP contribution >= 0.6 is 0 Å². The third-order valence-corrected chi connectivity index (χ3v) is 4.54. The van der Waals surface area contributed by atoms with Crippen LogP contribution in [0, 0.1) is 5.82 Å². The van der Waals surface area contributed by atoms with Gasteiger partial charge in [0.05, 0.1) is 18.8 Å². The maximum Gasteiger partial charge on any atom is 0.317 e. The lowest BCUT2D eigenvalue weighted by atomic mass is 10.2. The van der Waals surface area contributed by atoms with E-state index in [9.17, 15) is 9.18 Å². The number of likely N-dealkylation sites (tertiary alicyclic amines) is 1. The number of hydrogen-bond donors (Lipinski definition) is 3. The van der Waals surface area contributed by atoms with Gasteiger partial charge in [-0.2, -0.15) is 0 Å². The molecule has 8 heteroatoms. The minimum atomic E-state index is -0.340. The normalized spacial score (nSPS) is 14.1. The Morgan fingerprint density at radius 1 is 1.27 bits per heavy atom. The summed E-state index contributed by atoms with van der Waals surface area (Å²) in [4.78, 5) is 17.1. The zero-order valence-electron chi connectivity index (χ0n) is 14.2. The molecule has 3 heterocycles. The van der Waals surface area contributed by atoms with Crippen LogP contribution in [0.4, 0.5) is 14.9 Å². The summed E-state index contributed by atoms with van der Waals surface area (Å²) < 4.78 is 19.0. The van der Waals surface area contributed by atoms with Gasteiger partial charge in [0.2, 0.25) is 0 Å². The number of amides is 2. The van der Waals surface area contributed by atoms with Crippen LogP contribution in [0.5, 0.6) is 0 Å². The molecule has 0 saturated carbocycles. The van der Waals surface area contributed by atoms with Gasteiger partial charge in [-0.05, 0) is 31.0 Å². The van der Waals surface area contributed by atoms with Gasteiger partial charge in [0.15, 0.2) is 0 Å². The van der Waals surface area contributed by atoms with Crippen molar-refractivity contribution in [2.24, 2.45) is 0 Å². The number of H-pyrrole nitrogens is 1. The molecule has 0 unspecified atom stereocenters. The summed E-state index contributed by atoms with van der Waals surface area (Å²) in [5.74, 6) is -0.340. The Morgan fingerprint density at radius 3 is 2.88 bits per heavy atom. The molecule has 3 N–H and O–H groups in total. The van der Waals surface area contributed by atoms with E-state index in [1.165, 1.54) is 12.3 Å². The van der Waals surface area contributed by atoms with E-state index < -0.39 is 0 Å². The third-order valence-electron chi connectivity index (χ3n) is 4.54. The quantitative estimate of drug-likeness (QED) is 0.654. The first-order chi connectivity index (χ1) is 12.7. The number of anilines is 1. The van der Waals surface area contributed by atoms with E-state index in [0.717, 1.165) is 42.5 Å². The molecule has 1 aromatic carbocycles. The minimum Gasteiger partial charge on any atom is -0.377 e. The molecular weight excluding hydrogens is 337 g/mol. The van der Waals surface area contributed by atoms with E-state index in [1.807, 2.05) is 11.0 Å². The van der Waals surface area contributed by atoms with Crippen LogP contribution in [0.1, 0.15) is 24.2 Å². The Kier molecular flexibility index (Phi) is 4.47. The number of aromatic nitrogens is 2. The molecule has 1 aliphatic rings. The van der Waals surface area contributed by atoms with Crippen molar-refractivity contribution in [3.05, 3.63) is 47.7 Å². The van der Waals surface area contributed by atoms with Crippen molar-refractivity contribution in [3.63, 3.8) is 0 Å². The lowest BCUT2D eigenvalue weighted by molar-refractivity contribution is 0.208. The first-order valence-electron chi connectivity index (χ1n) is 8.66. The zero-order valence-corrected chi connectivity index (χ0v) is 14.2. The Bertz CT molecular complexity index is 900. The van der Waals surface area contributed by atoms with Gasteiger partial charge in [-0.25, -0.2) is 9.18 Å². The fraction of sp³-hybridized carbons (Fsp3) is 0.333. The molecular formula is C18H20FN5O2. The highest BCUT2D eigenvalue weighted by molar-refractivity contribution is 5.84. The van der Waals surface area contributed by atoms with Crippen LogP contribution in [0.15, 0.2) is 35.1 Å². The first-order valence-corrected chi connectivity index (χ1v) is 8.66. The number of carbonyl (C=O) groups is 1. The monoisotopic (exact) mass is 357 g/mol. The van der Waals surface area contributed by atoms with Crippen LogP contribution in [0.25, 0.3) is 10.9 Å². The highest BCUT2D eigenvalue weighted by Gasteiger charge is 2.17. The van der Waals surface area contributed by atoms with Crippen LogP contribution in [-0.2, 0) is 13.1 Å². The molecule has 3 aromatic rings. The summed E-state index contributed by atoms with van der Waals surface area (Å²) in [5, 5.41) is 10.5. The number of halogens is 1. The van der Waals surface area contributed by atoms with Crippen LogP contribution in [0.2, 0.25) is 0 Å². The molecule has 7 nitrogen and oxygen atoms in total. The predicted molar refractivity (Wildman–Crippen MR) is 95.1 cm³/mol. The summed E-state index contributed by atoms with van der Waals surface area (Å²) in [6, 6.07) is 6.71. The average molecular weight is 357 g/mol. The fourth-order valence-corrected chi connectivity index (χ4v) is 3.16. The van der Waals surface area contributed by atoms with E-state index in [2.05, 4.69) is 20.8 Å². The number of nitrogens with one attached hydrogen (secondary N) is 3. The molecule has 26 heavy (non-hydrogen) atoms. The van der Waals surface area contributed by atoms with Crippen molar-refractivity contribution in [1.29, 1.82) is 0 Å². The number of fused-ring (bicyclic) bond motifs is 1. The second kappa shape index (κ2) is 7.07. The Balaban J connectivity index is 1.43. The van der Waals surface area contributed by atoms with E-state index in [-0.39, 0.29) is 11.8 Å². The van der Waals surface area contributed by atoms with Crippen molar-refractivity contribution in [1.82, 2.24) is 20.4 Å². The van der Waals surface area contributed by atoms with Gasteiger partial charge in [-0.1, -0.05) is 5.16 Å². The molecule has 136 valence electrons. The molecule has 2 amide bonds. The summed E-state index contributed by atoms with van der Waals surface area (Å²) >= 11 is 0. The van der Waals surface area contributed by atoms with Crippen LogP contribution in [-0.4, -0.2) is 34.2 Å². The van der Waals surface area contributed by atoms with E-state index >= 15 is 0 Å². The summed E-state index contributed by atoms with van der Waals surface area (Å²) in [7, 11) is 0.